The van der Waals surface area contributed by atoms with Gasteiger partial charge < -0.3 is 15.4 Å². The predicted octanol–water partition coefficient (Wildman–Crippen LogP) is 4.42. The van der Waals surface area contributed by atoms with E-state index >= 15 is 0 Å². The molecular formula is C22H24ClFN2O2S. The third kappa shape index (κ3) is 4.03. The smallest absolute Gasteiger partial charge is 0.264 e. The number of thiophene rings is 1. The number of fused-ring (bicyclic) bond motifs is 1. The molecule has 0 aliphatic carbocycles. The number of carbonyl (C=O) groups excluding carboxylic acids is 1. The molecule has 1 fully saturated rings. The Morgan fingerprint density at radius 3 is 2.66 bits per heavy atom. The molecule has 0 bridgehead atoms. The zero-order valence-corrected chi connectivity index (χ0v) is 17.8. The van der Waals surface area contributed by atoms with Crippen molar-refractivity contribution in [2.75, 3.05) is 26.7 Å². The van der Waals surface area contributed by atoms with Gasteiger partial charge in [-0.25, -0.2) is 4.39 Å². The number of nitrogens with zero attached hydrogens (tertiary/aromatic N) is 1. The predicted molar refractivity (Wildman–Crippen MR) is 117 cm³/mol. The molecule has 0 saturated carbocycles. The Labute approximate surface area is 179 Å². The average Bonchev–Trinajstić information content (AvgIpc) is 3.31. The quantitative estimate of drug-likeness (QED) is 0.646. The zero-order chi connectivity index (χ0) is 19.7. The van der Waals surface area contributed by atoms with Gasteiger partial charge in [0.2, 0.25) is 0 Å². The standard InChI is InChI=1S/C22H23FN2O2S.ClH/c1-27-13-17-20-18(23)8-5-9-19(20)28-21(17)22(26)25-11-15(10-24)16(12-25)14-6-3-2-4-7-14;/h2-9,15-16H,10-13,24H2,1H3;1H/t15-,16+;/m1./s1. The van der Waals surface area contributed by atoms with E-state index in [1.165, 1.54) is 23.0 Å². The maximum atomic E-state index is 14.4. The van der Waals surface area contributed by atoms with Crippen LogP contribution in [0.5, 0.6) is 0 Å². The summed E-state index contributed by atoms with van der Waals surface area (Å²) in [6, 6.07) is 15.1. The van der Waals surface area contributed by atoms with Crippen molar-refractivity contribution in [2.24, 2.45) is 11.7 Å². The lowest BCUT2D eigenvalue weighted by Crippen LogP contribution is -2.30. The maximum absolute atomic E-state index is 14.4. The number of hydrogen-bond donors (Lipinski definition) is 1. The minimum Gasteiger partial charge on any atom is -0.380 e. The first kappa shape index (κ1) is 21.7. The van der Waals surface area contributed by atoms with Crippen molar-refractivity contribution in [3.05, 3.63) is 70.4 Å². The summed E-state index contributed by atoms with van der Waals surface area (Å²) >= 11 is 1.34. The van der Waals surface area contributed by atoms with Gasteiger partial charge in [0.1, 0.15) is 5.82 Å². The first-order valence-corrected chi connectivity index (χ1v) is 10.2. The van der Waals surface area contributed by atoms with Crippen LogP contribution in [0.3, 0.4) is 0 Å². The molecular weight excluding hydrogens is 411 g/mol. The summed E-state index contributed by atoms with van der Waals surface area (Å²) in [6.45, 7) is 1.96. The van der Waals surface area contributed by atoms with E-state index in [4.69, 9.17) is 10.5 Å². The van der Waals surface area contributed by atoms with Crippen LogP contribution in [0.25, 0.3) is 10.1 Å². The van der Waals surface area contributed by atoms with Crippen LogP contribution in [0, 0.1) is 11.7 Å². The Bertz CT molecular complexity index is 995. The first-order chi connectivity index (χ1) is 13.6. The second kappa shape index (κ2) is 9.22. The minimum absolute atomic E-state index is 0. The molecule has 4 nitrogen and oxygen atoms in total. The topological polar surface area (TPSA) is 55.6 Å². The fourth-order valence-corrected chi connectivity index (χ4v) is 5.31. The lowest BCUT2D eigenvalue weighted by Gasteiger charge is -2.17. The molecule has 1 aliphatic heterocycles. The highest BCUT2D eigenvalue weighted by Gasteiger charge is 2.37. The van der Waals surface area contributed by atoms with E-state index in [1.54, 1.807) is 13.2 Å². The van der Waals surface area contributed by atoms with E-state index in [9.17, 15) is 9.18 Å². The van der Waals surface area contributed by atoms with Crippen molar-refractivity contribution < 1.29 is 13.9 Å². The van der Waals surface area contributed by atoms with Gasteiger partial charge in [0, 0.05) is 41.8 Å². The van der Waals surface area contributed by atoms with E-state index in [2.05, 4.69) is 12.1 Å². The summed E-state index contributed by atoms with van der Waals surface area (Å²) in [6.07, 6.45) is 0. The third-order valence-corrected chi connectivity index (χ3v) is 6.69. The second-order valence-electron chi connectivity index (χ2n) is 7.18. The van der Waals surface area contributed by atoms with Gasteiger partial charge in [-0.2, -0.15) is 0 Å². The van der Waals surface area contributed by atoms with E-state index in [0.717, 1.165) is 4.70 Å². The largest absolute Gasteiger partial charge is 0.380 e. The summed E-state index contributed by atoms with van der Waals surface area (Å²) in [7, 11) is 1.56. The summed E-state index contributed by atoms with van der Waals surface area (Å²) in [5.41, 5.74) is 7.86. The lowest BCUT2D eigenvalue weighted by molar-refractivity contribution is 0.0787. The molecule has 154 valence electrons. The van der Waals surface area contributed by atoms with Crippen LogP contribution < -0.4 is 5.73 Å². The fourth-order valence-electron chi connectivity index (χ4n) is 4.12. The Balaban J connectivity index is 0.00000240. The molecule has 2 heterocycles. The molecule has 1 saturated heterocycles. The van der Waals surface area contributed by atoms with Crippen molar-refractivity contribution in [3.8, 4) is 0 Å². The Morgan fingerprint density at radius 1 is 1.21 bits per heavy atom. The number of carbonyl (C=O) groups is 1. The van der Waals surface area contributed by atoms with Gasteiger partial charge in [-0.1, -0.05) is 36.4 Å². The molecule has 1 aromatic heterocycles. The lowest BCUT2D eigenvalue weighted by atomic mass is 9.89. The summed E-state index contributed by atoms with van der Waals surface area (Å²) in [5.74, 6) is 0.0447. The van der Waals surface area contributed by atoms with Crippen LogP contribution in [-0.4, -0.2) is 37.6 Å². The zero-order valence-electron chi connectivity index (χ0n) is 16.1. The molecule has 0 spiro atoms. The van der Waals surface area contributed by atoms with Gasteiger partial charge in [-0.15, -0.1) is 23.7 Å². The number of benzene rings is 2. The fraction of sp³-hybridized carbons (Fsp3) is 0.318. The summed E-state index contributed by atoms with van der Waals surface area (Å²) in [5, 5.41) is 0.492. The van der Waals surface area contributed by atoms with Gasteiger partial charge in [0.15, 0.2) is 0 Å². The summed E-state index contributed by atoms with van der Waals surface area (Å²) in [4.78, 5) is 15.8. The highest BCUT2D eigenvalue weighted by molar-refractivity contribution is 7.21. The van der Waals surface area contributed by atoms with Crippen molar-refractivity contribution in [2.45, 2.75) is 12.5 Å². The highest BCUT2D eigenvalue weighted by atomic mass is 35.5. The Morgan fingerprint density at radius 2 is 1.97 bits per heavy atom. The Kier molecular flexibility index (Phi) is 6.90. The number of hydrogen-bond acceptors (Lipinski definition) is 4. The number of nitrogens with two attached hydrogens (primary N) is 1. The van der Waals surface area contributed by atoms with Gasteiger partial charge in [-0.3, -0.25) is 4.79 Å². The molecule has 1 aliphatic rings. The van der Waals surface area contributed by atoms with Crippen LogP contribution in [0.2, 0.25) is 0 Å². The van der Waals surface area contributed by atoms with Gasteiger partial charge in [0.05, 0.1) is 11.5 Å². The van der Waals surface area contributed by atoms with Crippen LogP contribution in [0.15, 0.2) is 48.5 Å². The number of ether oxygens (including phenoxy) is 1. The monoisotopic (exact) mass is 434 g/mol. The van der Waals surface area contributed by atoms with Crippen molar-refractivity contribution in [1.29, 1.82) is 0 Å². The molecule has 7 heteroatoms. The summed E-state index contributed by atoms with van der Waals surface area (Å²) < 4.78 is 20.5. The highest BCUT2D eigenvalue weighted by Crippen LogP contribution is 2.37. The molecule has 2 atom stereocenters. The number of likely N-dealkylation sites (tertiary alicyclic amines) is 1. The SMILES string of the molecule is COCc1c(C(=O)N2C[C@@H](CN)[C@H](c3ccccc3)C2)sc2cccc(F)c12.Cl. The van der Waals surface area contributed by atoms with E-state index in [1.807, 2.05) is 29.2 Å². The van der Waals surface area contributed by atoms with Crippen LogP contribution in [0.1, 0.15) is 26.7 Å². The molecule has 2 aromatic carbocycles. The number of rotatable bonds is 5. The Hall–Kier alpha value is -1.99. The molecule has 29 heavy (non-hydrogen) atoms. The van der Waals surface area contributed by atoms with Crippen molar-refractivity contribution >= 4 is 39.7 Å². The van der Waals surface area contributed by atoms with Crippen molar-refractivity contribution in [1.82, 2.24) is 4.90 Å². The second-order valence-corrected chi connectivity index (χ2v) is 8.23. The van der Waals surface area contributed by atoms with Crippen molar-refractivity contribution in [3.63, 3.8) is 0 Å². The number of halogens is 2. The van der Waals surface area contributed by atoms with Crippen LogP contribution in [-0.2, 0) is 11.3 Å². The molecule has 1 amide bonds. The van der Waals surface area contributed by atoms with Gasteiger partial charge in [0.25, 0.3) is 5.91 Å². The minimum atomic E-state index is -0.316. The van der Waals surface area contributed by atoms with E-state index in [-0.39, 0.29) is 42.6 Å². The molecule has 2 N–H and O–H groups in total. The van der Waals surface area contributed by atoms with Crippen LogP contribution >= 0.6 is 23.7 Å². The number of methoxy groups -OCH3 is 1. The average molecular weight is 435 g/mol. The maximum Gasteiger partial charge on any atom is 0.264 e. The van der Waals surface area contributed by atoms with Crippen LogP contribution in [0.4, 0.5) is 4.39 Å². The molecule has 3 aromatic rings. The number of amides is 1. The van der Waals surface area contributed by atoms with Gasteiger partial charge >= 0.3 is 0 Å². The first-order valence-electron chi connectivity index (χ1n) is 9.37. The molecule has 0 radical (unpaired) electrons. The van der Waals surface area contributed by atoms with Gasteiger partial charge in [-0.05, 0) is 30.2 Å². The normalized spacial score (nSPS) is 18.8. The van der Waals surface area contributed by atoms with E-state index < -0.39 is 0 Å². The van der Waals surface area contributed by atoms with E-state index in [0.29, 0.717) is 35.5 Å². The molecule has 4 rings (SSSR count). The third-order valence-electron chi connectivity index (χ3n) is 5.50. The molecule has 0 unspecified atom stereocenters.